The predicted molar refractivity (Wildman–Crippen MR) is 76.4 cm³/mol. The van der Waals surface area contributed by atoms with Crippen molar-refractivity contribution in [3.05, 3.63) is 66.6 Å². The van der Waals surface area contributed by atoms with Crippen LogP contribution in [0, 0.1) is 12.3 Å². The molecule has 0 aliphatic carbocycles. The zero-order valence-electron chi connectivity index (χ0n) is 10.7. The molecule has 0 aliphatic heterocycles. The van der Waals surface area contributed by atoms with E-state index >= 15 is 0 Å². The third-order valence-electron chi connectivity index (χ3n) is 3.61. The molecule has 0 atom stereocenters. The third kappa shape index (κ3) is 1.64. The Hall–Kier alpha value is -1.92. The molecule has 4 aromatic carbocycles. The number of hydrogen-bond acceptors (Lipinski definition) is 0. The minimum absolute atomic E-state index is 0. The number of rotatable bonds is 0. The summed E-state index contributed by atoms with van der Waals surface area (Å²) in [6.07, 6.45) is 7.30. The van der Waals surface area contributed by atoms with Crippen LogP contribution in [0.3, 0.4) is 0 Å². The van der Waals surface area contributed by atoms with Gasteiger partial charge in [0.05, 0.1) is 0 Å². The van der Waals surface area contributed by atoms with E-state index in [1.165, 1.54) is 32.3 Å². The van der Waals surface area contributed by atoms with E-state index in [1.807, 2.05) is 12.1 Å². The summed E-state index contributed by atoms with van der Waals surface area (Å²) in [5, 5.41) is 7.54. The van der Waals surface area contributed by atoms with Gasteiger partial charge < -0.3 is 6.42 Å². The van der Waals surface area contributed by atoms with Gasteiger partial charge in [-0.2, -0.15) is 0 Å². The molecule has 0 heterocycles. The van der Waals surface area contributed by atoms with Crippen LogP contribution >= 0.6 is 0 Å². The fourth-order valence-corrected chi connectivity index (χ4v) is 2.83. The Balaban J connectivity index is 0.00000110. The molecule has 82 valence electrons. The van der Waals surface area contributed by atoms with Crippen molar-refractivity contribution in [3.63, 3.8) is 0 Å². The van der Waals surface area contributed by atoms with Crippen LogP contribution in [0.25, 0.3) is 32.3 Å². The van der Waals surface area contributed by atoms with E-state index < -0.39 is 0 Å². The number of hydrogen-bond donors (Lipinski definition) is 0. The third-order valence-corrected chi connectivity index (χ3v) is 3.61. The van der Waals surface area contributed by atoms with Gasteiger partial charge in [-0.15, -0.1) is 17.7 Å². The van der Waals surface area contributed by atoms with E-state index in [0.29, 0.717) is 0 Å². The van der Waals surface area contributed by atoms with Crippen LogP contribution in [0.4, 0.5) is 0 Å². The summed E-state index contributed by atoms with van der Waals surface area (Å²) in [5.74, 6) is 2.48. The van der Waals surface area contributed by atoms with Crippen LogP contribution in [-0.2, 0) is 0 Å². The summed E-state index contributed by atoms with van der Waals surface area (Å²) in [6, 6.07) is 19.0. The maximum absolute atomic E-state index is 7.30. The first-order valence-electron chi connectivity index (χ1n) is 5.97. The van der Waals surface area contributed by atoms with E-state index in [4.69, 9.17) is 6.42 Å². The molecule has 0 bridgehead atoms. The van der Waals surface area contributed by atoms with Crippen LogP contribution < -0.4 is 18.9 Å². The molecule has 4 rings (SSSR count). The zero-order valence-corrected chi connectivity index (χ0v) is 10.7. The first kappa shape index (κ1) is 12.1. The van der Waals surface area contributed by atoms with Crippen molar-refractivity contribution in [2.45, 2.75) is 0 Å². The van der Waals surface area contributed by atoms with Crippen LogP contribution in [0.5, 0.6) is 0 Å². The minimum atomic E-state index is 0. The molecule has 0 unspecified atom stereocenters. The van der Waals surface area contributed by atoms with Gasteiger partial charge in [0, 0.05) is 0 Å². The van der Waals surface area contributed by atoms with Crippen molar-refractivity contribution in [1.29, 1.82) is 0 Å². The number of benzene rings is 4. The molecule has 19 heavy (non-hydrogen) atoms. The minimum Gasteiger partial charge on any atom is -0.366 e. The molecular formula is C18H9Li. The van der Waals surface area contributed by atoms with E-state index in [9.17, 15) is 0 Å². The molecule has 0 amide bonds. The van der Waals surface area contributed by atoms with Crippen molar-refractivity contribution in [1.82, 2.24) is 0 Å². The average Bonchev–Trinajstić information content (AvgIpc) is 2.44. The second-order valence-electron chi connectivity index (χ2n) is 4.63. The first-order chi connectivity index (χ1) is 8.86. The molecule has 0 N–H and O–H groups in total. The van der Waals surface area contributed by atoms with E-state index in [-0.39, 0.29) is 18.9 Å². The van der Waals surface area contributed by atoms with E-state index in [2.05, 4.69) is 48.4 Å². The molecule has 0 spiro atoms. The van der Waals surface area contributed by atoms with Crippen LogP contribution in [0.15, 0.2) is 54.6 Å². The Kier molecular flexibility index (Phi) is 2.76. The van der Waals surface area contributed by atoms with Crippen molar-refractivity contribution in [2.24, 2.45) is 0 Å². The molecule has 0 aromatic heterocycles. The van der Waals surface area contributed by atoms with E-state index in [1.54, 1.807) is 0 Å². The van der Waals surface area contributed by atoms with Gasteiger partial charge in [-0.05, 0) is 32.3 Å². The molecule has 0 nitrogen and oxygen atoms in total. The topological polar surface area (TPSA) is 0 Å². The van der Waals surface area contributed by atoms with Gasteiger partial charge in [-0.3, -0.25) is 5.92 Å². The summed E-state index contributed by atoms with van der Waals surface area (Å²) >= 11 is 0. The zero-order chi connectivity index (χ0) is 12.1. The average molecular weight is 232 g/mol. The van der Waals surface area contributed by atoms with Crippen molar-refractivity contribution >= 4 is 32.3 Å². The molecule has 0 fully saturated rings. The SMILES string of the molecule is [C-]#Cc1cc2ccc3cccc4ccc(c1)c2c34.[Li+]. The molecule has 4 aromatic rings. The smallest absolute Gasteiger partial charge is 0.366 e. The van der Waals surface area contributed by atoms with Gasteiger partial charge in [0.25, 0.3) is 0 Å². The standard InChI is InChI=1S/C18H9.Li/c1-2-12-10-15-8-6-13-4-3-5-14-7-9-16(11-12)18(15)17(13)14;/h3-11H;/q-1;+1. The Morgan fingerprint density at radius 1 is 0.684 bits per heavy atom. The van der Waals surface area contributed by atoms with Gasteiger partial charge in [0.1, 0.15) is 0 Å². The van der Waals surface area contributed by atoms with Crippen LogP contribution in [0.1, 0.15) is 5.56 Å². The Morgan fingerprint density at radius 2 is 1.16 bits per heavy atom. The van der Waals surface area contributed by atoms with Gasteiger partial charge in [-0.1, -0.05) is 42.5 Å². The van der Waals surface area contributed by atoms with Crippen molar-refractivity contribution < 1.29 is 18.9 Å². The Bertz CT molecular complexity index is 865. The van der Waals surface area contributed by atoms with Gasteiger partial charge in [0.15, 0.2) is 0 Å². The largest absolute Gasteiger partial charge is 1.00 e. The second-order valence-corrected chi connectivity index (χ2v) is 4.63. The summed E-state index contributed by atoms with van der Waals surface area (Å²) in [6.45, 7) is 0. The fourth-order valence-electron chi connectivity index (χ4n) is 2.83. The van der Waals surface area contributed by atoms with Gasteiger partial charge in [-0.25, -0.2) is 0 Å². The Labute approximate surface area is 123 Å². The van der Waals surface area contributed by atoms with Crippen LogP contribution in [-0.4, -0.2) is 0 Å². The fraction of sp³-hybridized carbons (Fsp3) is 0. The summed E-state index contributed by atoms with van der Waals surface area (Å²) < 4.78 is 0. The monoisotopic (exact) mass is 232 g/mol. The van der Waals surface area contributed by atoms with Crippen molar-refractivity contribution in [3.8, 4) is 5.92 Å². The molecule has 0 radical (unpaired) electrons. The summed E-state index contributed by atoms with van der Waals surface area (Å²) in [4.78, 5) is 0. The summed E-state index contributed by atoms with van der Waals surface area (Å²) in [7, 11) is 0. The molecule has 0 saturated carbocycles. The summed E-state index contributed by atoms with van der Waals surface area (Å²) in [5.41, 5.74) is 0.834. The van der Waals surface area contributed by atoms with Gasteiger partial charge in [0.2, 0.25) is 0 Å². The molecule has 1 heteroatoms. The second kappa shape index (κ2) is 4.32. The van der Waals surface area contributed by atoms with Gasteiger partial charge >= 0.3 is 18.9 Å². The van der Waals surface area contributed by atoms with Crippen LogP contribution in [0.2, 0.25) is 0 Å². The Morgan fingerprint density at radius 3 is 1.68 bits per heavy atom. The predicted octanol–water partition coefficient (Wildman–Crippen LogP) is 1.53. The van der Waals surface area contributed by atoms with E-state index in [0.717, 1.165) is 5.56 Å². The quantitative estimate of drug-likeness (QED) is 0.187. The molecule has 0 saturated heterocycles. The maximum atomic E-state index is 7.30. The maximum Gasteiger partial charge on any atom is 1.00 e. The van der Waals surface area contributed by atoms with Crippen molar-refractivity contribution in [2.75, 3.05) is 0 Å². The molecule has 0 aliphatic rings. The normalized spacial score (nSPS) is 10.7. The first-order valence-corrected chi connectivity index (χ1v) is 5.97. The molecular weight excluding hydrogens is 223 g/mol.